The van der Waals surface area contributed by atoms with Gasteiger partial charge in [-0.1, -0.05) is 28.1 Å². The van der Waals surface area contributed by atoms with Gasteiger partial charge in [-0.3, -0.25) is 0 Å². The molecule has 0 unspecified atom stereocenters. The highest BCUT2D eigenvalue weighted by Crippen LogP contribution is 2.36. The Hall–Kier alpha value is -1.99. The topological polar surface area (TPSA) is 59.0 Å². The number of benzene rings is 2. The summed E-state index contributed by atoms with van der Waals surface area (Å²) in [7, 11) is 0. The minimum Gasteiger partial charge on any atom is -0.453 e. The molecule has 0 aromatic heterocycles. The molecule has 0 radical (unpaired) electrons. The molecule has 0 saturated heterocycles. The van der Waals surface area contributed by atoms with Crippen LogP contribution in [-0.4, -0.2) is 0 Å². The molecule has 96 valence electrons. The molecule has 0 saturated carbocycles. The SMILES string of the molecule is Cc1cc(Br)cc(N)c1Oc1c(C)cccc1C#N. The zero-order valence-corrected chi connectivity index (χ0v) is 12.3. The van der Waals surface area contributed by atoms with Gasteiger partial charge in [0.05, 0.1) is 11.3 Å². The van der Waals surface area contributed by atoms with Crippen molar-refractivity contribution in [2.24, 2.45) is 0 Å². The maximum Gasteiger partial charge on any atom is 0.153 e. The van der Waals surface area contributed by atoms with E-state index in [-0.39, 0.29) is 0 Å². The molecule has 2 N–H and O–H groups in total. The molecule has 0 atom stereocenters. The second-order valence-electron chi connectivity index (χ2n) is 4.31. The van der Waals surface area contributed by atoms with Crippen molar-refractivity contribution >= 4 is 21.6 Å². The van der Waals surface area contributed by atoms with E-state index in [4.69, 9.17) is 15.7 Å². The summed E-state index contributed by atoms with van der Waals surface area (Å²) in [5.41, 5.74) is 8.84. The summed E-state index contributed by atoms with van der Waals surface area (Å²) >= 11 is 3.39. The molecule has 4 heteroatoms. The highest BCUT2D eigenvalue weighted by molar-refractivity contribution is 9.10. The van der Waals surface area contributed by atoms with Gasteiger partial charge < -0.3 is 10.5 Å². The van der Waals surface area contributed by atoms with Gasteiger partial charge >= 0.3 is 0 Å². The first-order valence-electron chi connectivity index (χ1n) is 5.76. The predicted molar refractivity (Wildman–Crippen MR) is 79.3 cm³/mol. The van der Waals surface area contributed by atoms with Gasteiger partial charge in [0, 0.05) is 4.47 Å². The number of hydrogen-bond donors (Lipinski definition) is 1. The van der Waals surface area contributed by atoms with Gasteiger partial charge in [0.15, 0.2) is 5.75 Å². The second-order valence-corrected chi connectivity index (χ2v) is 5.22. The molecule has 0 bridgehead atoms. The van der Waals surface area contributed by atoms with Crippen LogP contribution in [0.25, 0.3) is 0 Å². The molecule has 0 spiro atoms. The molecule has 0 aliphatic carbocycles. The van der Waals surface area contributed by atoms with Gasteiger partial charge in [0.25, 0.3) is 0 Å². The van der Waals surface area contributed by atoms with Gasteiger partial charge in [-0.25, -0.2) is 0 Å². The third-order valence-electron chi connectivity index (χ3n) is 2.80. The van der Waals surface area contributed by atoms with Crippen LogP contribution >= 0.6 is 15.9 Å². The van der Waals surface area contributed by atoms with Crippen molar-refractivity contribution in [3.8, 4) is 17.6 Å². The van der Waals surface area contributed by atoms with Gasteiger partial charge in [-0.2, -0.15) is 5.26 Å². The molecule has 0 amide bonds. The Morgan fingerprint density at radius 3 is 2.53 bits per heavy atom. The molecule has 19 heavy (non-hydrogen) atoms. The lowest BCUT2D eigenvalue weighted by Gasteiger charge is -2.14. The molecule has 3 nitrogen and oxygen atoms in total. The summed E-state index contributed by atoms with van der Waals surface area (Å²) in [4.78, 5) is 0. The Bertz CT molecular complexity index is 651. The Morgan fingerprint density at radius 2 is 1.89 bits per heavy atom. The average Bonchev–Trinajstić information content (AvgIpc) is 2.34. The number of nitrogens with zero attached hydrogens (tertiary/aromatic N) is 1. The first kappa shape index (κ1) is 13.4. The van der Waals surface area contributed by atoms with Crippen LogP contribution < -0.4 is 10.5 Å². The van der Waals surface area contributed by atoms with Gasteiger partial charge in [-0.15, -0.1) is 0 Å². The number of aryl methyl sites for hydroxylation is 2. The highest BCUT2D eigenvalue weighted by atomic mass is 79.9. The van der Waals surface area contributed by atoms with Crippen LogP contribution in [0.1, 0.15) is 16.7 Å². The van der Waals surface area contributed by atoms with E-state index >= 15 is 0 Å². The number of hydrogen-bond acceptors (Lipinski definition) is 3. The summed E-state index contributed by atoms with van der Waals surface area (Å²) in [5, 5.41) is 9.13. The fourth-order valence-electron chi connectivity index (χ4n) is 1.87. The van der Waals surface area contributed by atoms with Crippen LogP contribution in [0.5, 0.6) is 11.5 Å². The zero-order valence-electron chi connectivity index (χ0n) is 10.7. The van der Waals surface area contributed by atoms with Crippen LogP contribution in [0.3, 0.4) is 0 Å². The lowest BCUT2D eigenvalue weighted by Crippen LogP contribution is -1.98. The fraction of sp³-hybridized carbons (Fsp3) is 0.133. The smallest absolute Gasteiger partial charge is 0.153 e. The van der Waals surface area contributed by atoms with Crippen molar-refractivity contribution in [3.63, 3.8) is 0 Å². The number of ether oxygens (including phenoxy) is 1. The van der Waals surface area contributed by atoms with E-state index in [0.29, 0.717) is 22.7 Å². The summed E-state index contributed by atoms with van der Waals surface area (Å²) in [6.45, 7) is 3.82. The zero-order chi connectivity index (χ0) is 14.0. The number of anilines is 1. The molecular formula is C15H13BrN2O. The average molecular weight is 317 g/mol. The second kappa shape index (κ2) is 5.33. The molecule has 0 fully saturated rings. The van der Waals surface area contributed by atoms with Crippen molar-refractivity contribution in [1.29, 1.82) is 5.26 Å². The van der Waals surface area contributed by atoms with E-state index < -0.39 is 0 Å². The van der Waals surface area contributed by atoms with E-state index in [1.165, 1.54) is 0 Å². The molecule has 0 aliphatic heterocycles. The first-order chi connectivity index (χ1) is 9.02. The minimum atomic E-state index is 0.502. The fourth-order valence-corrected chi connectivity index (χ4v) is 2.46. The number of halogens is 1. The summed E-state index contributed by atoms with van der Waals surface area (Å²) in [6, 6.07) is 11.3. The molecule has 0 aliphatic rings. The van der Waals surface area contributed by atoms with Crippen molar-refractivity contribution in [3.05, 3.63) is 51.5 Å². The molecule has 2 rings (SSSR count). The lowest BCUT2D eigenvalue weighted by molar-refractivity contribution is 0.476. The number of nitrogen functional groups attached to an aromatic ring is 1. The maximum atomic E-state index is 9.13. The highest BCUT2D eigenvalue weighted by Gasteiger charge is 2.12. The Balaban J connectivity index is 2.51. The standard InChI is InChI=1S/C15H13BrN2O/c1-9-4-3-5-11(8-17)14(9)19-15-10(2)6-12(16)7-13(15)18/h3-7H,18H2,1-2H3. The lowest BCUT2D eigenvalue weighted by atomic mass is 10.1. The number of nitrogens with two attached hydrogens (primary N) is 1. The number of rotatable bonds is 2. The monoisotopic (exact) mass is 316 g/mol. The first-order valence-corrected chi connectivity index (χ1v) is 6.55. The van der Waals surface area contributed by atoms with Crippen LogP contribution in [0.2, 0.25) is 0 Å². The van der Waals surface area contributed by atoms with Crippen molar-refractivity contribution < 1.29 is 4.74 Å². The maximum absolute atomic E-state index is 9.13. The van der Waals surface area contributed by atoms with Gasteiger partial charge in [0.1, 0.15) is 11.8 Å². The third kappa shape index (κ3) is 2.72. The van der Waals surface area contributed by atoms with E-state index in [2.05, 4.69) is 22.0 Å². The Kier molecular flexibility index (Phi) is 3.77. The van der Waals surface area contributed by atoms with E-state index in [0.717, 1.165) is 15.6 Å². The van der Waals surface area contributed by atoms with Crippen molar-refractivity contribution in [1.82, 2.24) is 0 Å². The number of para-hydroxylation sites is 1. The number of nitriles is 1. The quantitative estimate of drug-likeness (QED) is 0.840. The van der Waals surface area contributed by atoms with Crippen LogP contribution in [0, 0.1) is 25.2 Å². The van der Waals surface area contributed by atoms with E-state index in [1.807, 2.05) is 32.0 Å². The third-order valence-corrected chi connectivity index (χ3v) is 3.26. The summed E-state index contributed by atoms with van der Waals surface area (Å²) < 4.78 is 6.78. The summed E-state index contributed by atoms with van der Waals surface area (Å²) in [5.74, 6) is 1.15. The largest absolute Gasteiger partial charge is 0.453 e. The Morgan fingerprint density at radius 1 is 1.16 bits per heavy atom. The normalized spacial score (nSPS) is 10.0. The molecule has 2 aromatic rings. The van der Waals surface area contributed by atoms with Crippen LogP contribution in [0.15, 0.2) is 34.8 Å². The van der Waals surface area contributed by atoms with E-state index in [1.54, 1.807) is 12.1 Å². The summed E-state index contributed by atoms with van der Waals surface area (Å²) in [6.07, 6.45) is 0. The Labute approximate surface area is 120 Å². The van der Waals surface area contributed by atoms with E-state index in [9.17, 15) is 0 Å². The predicted octanol–water partition coefficient (Wildman–Crippen LogP) is 4.31. The van der Waals surface area contributed by atoms with Crippen molar-refractivity contribution in [2.45, 2.75) is 13.8 Å². The minimum absolute atomic E-state index is 0.502. The molecular weight excluding hydrogens is 304 g/mol. The van der Waals surface area contributed by atoms with Crippen LogP contribution in [0.4, 0.5) is 5.69 Å². The molecule has 2 aromatic carbocycles. The molecule has 0 heterocycles. The van der Waals surface area contributed by atoms with Gasteiger partial charge in [-0.05, 0) is 43.2 Å². The van der Waals surface area contributed by atoms with Crippen LogP contribution in [-0.2, 0) is 0 Å². The van der Waals surface area contributed by atoms with Crippen molar-refractivity contribution in [2.75, 3.05) is 5.73 Å². The van der Waals surface area contributed by atoms with Gasteiger partial charge in [0.2, 0.25) is 0 Å².